The highest BCUT2D eigenvalue weighted by Gasteiger charge is 2.79. The summed E-state index contributed by atoms with van der Waals surface area (Å²) in [6.07, 6.45) is 1.67. The molecule has 3 aliphatic heterocycles. The van der Waals surface area contributed by atoms with E-state index in [1.165, 1.54) is 4.90 Å². The van der Waals surface area contributed by atoms with Crippen LogP contribution in [0.25, 0.3) is 0 Å². The van der Waals surface area contributed by atoms with Crippen molar-refractivity contribution in [3.05, 3.63) is 71.8 Å². The maximum atomic E-state index is 14.3. The first kappa shape index (κ1) is 27.3. The molecule has 3 amide bonds. The first-order chi connectivity index (χ1) is 18.8. The summed E-state index contributed by atoms with van der Waals surface area (Å²) in [5.41, 5.74) is -0.0196. The van der Waals surface area contributed by atoms with Crippen molar-refractivity contribution in [3.63, 3.8) is 0 Å². The summed E-state index contributed by atoms with van der Waals surface area (Å²) in [5.74, 6) is -2.42. The first-order valence-electron chi connectivity index (χ1n) is 14.0. The monoisotopic (exact) mass is 533 g/mol. The van der Waals surface area contributed by atoms with Gasteiger partial charge in [0.2, 0.25) is 17.7 Å². The van der Waals surface area contributed by atoms with Crippen LogP contribution < -0.4 is 10.6 Å². The number of nitrogens with zero attached hydrogens (tertiary/aromatic N) is 1. The Morgan fingerprint density at radius 1 is 0.974 bits per heavy atom. The molecule has 8 nitrogen and oxygen atoms in total. The second-order valence-electron chi connectivity index (χ2n) is 11.5. The van der Waals surface area contributed by atoms with Gasteiger partial charge in [0.05, 0.1) is 30.1 Å². The molecule has 0 aromatic heterocycles. The van der Waals surface area contributed by atoms with E-state index in [4.69, 9.17) is 4.74 Å². The van der Waals surface area contributed by atoms with Crippen LogP contribution in [0.1, 0.15) is 51.2 Å². The number of hydrogen-bond acceptors (Lipinski definition) is 5. The first-order valence-corrected chi connectivity index (χ1v) is 14.0. The summed E-state index contributed by atoms with van der Waals surface area (Å²) in [4.78, 5) is 43.6. The van der Waals surface area contributed by atoms with Crippen LogP contribution in [0.3, 0.4) is 0 Å². The van der Waals surface area contributed by atoms with Crippen molar-refractivity contribution < 1.29 is 24.2 Å². The summed E-state index contributed by atoms with van der Waals surface area (Å²) >= 11 is 0. The number of amides is 3. The Labute approximate surface area is 230 Å². The Kier molecular flexibility index (Phi) is 7.53. The highest BCUT2D eigenvalue weighted by molar-refractivity contribution is 5.99. The summed E-state index contributed by atoms with van der Waals surface area (Å²) in [6.45, 7) is 6.21. The van der Waals surface area contributed by atoms with Crippen LogP contribution in [0.2, 0.25) is 0 Å². The number of fused-ring (bicyclic) bond motifs is 1. The maximum absolute atomic E-state index is 14.3. The summed E-state index contributed by atoms with van der Waals surface area (Å²) in [6, 6.07) is 17.7. The minimum absolute atomic E-state index is 0.0960. The van der Waals surface area contributed by atoms with Crippen molar-refractivity contribution >= 4 is 17.7 Å². The molecule has 0 radical (unpaired) electrons. The van der Waals surface area contributed by atoms with Gasteiger partial charge < -0.3 is 25.4 Å². The van der Waals surface area contributed by atoms with Crippen LogP contribution in [-0.2, 0) is 32.2 Å². The zero-order valence-corrected chi connectivity index (χ0v) is 22.9. The summed E-state index contributed by atoms with van der Waals surface area (Å²) in [5, 5.41) is 16.4. The molecule has 2 unspecified atom stereocenters. The number of hydrogen-bond donors (Lipinski definition) is 3. The highest BCUT2D eigenvalue weighted by atomic mass is 16.5. The van der Waals surface area contributed by atoms with Crippen LogP contribution in [0.15, 0.2) is 60.7 Å². The second kappa shape index (κ2) is 10.7. The molecule has 1 spiro atoms. The molecule has 2 aromatic rings. The fourth-order valence-electron chi connectivity index (χ4n) is 7.11. The van der Waals surface area contributed by atoms with E-state index in [2.05, 4.69) is 10.6 Å². The molecule has 208 valence electrons. The van der Waals surface area contributed by atoms with E-state index >= 15 is 0 Å². The lowest BCUT2D eigenvalue weighted by Crippen LogP contribution is -2.58. The standard InChI is InChI=1S/C31H39N3O5/c1-4-30-15-16-31(39-30)25(24(30)27(36)32-17-21-11-7-5-8-12-21)29(38)34(23(19-35)20(2)3)26(31)28(37)33-18-22-13-9-6-10-14-22/h5-14,20,23-26,35H,4,15-19H2,1-3H3,(H,32,36)(H,33,37)/t23-,24-,25-,26?,30+,31?/m0/s1. The SMILES string of the molecule is CC[C@]12CCC3(O1)C(C(=O)NCc1ccccc1)N([C@@H](CO)C(C)C)C(=O)[C@@H]3[C@H]2C(=O)NCc1ccccc1. The van der Waals surface area contributed by atoms with Gasteiger partial charge in [0, 0.05) is 13.1 Å². The zero-order chi connectivity index (χ0) is 27.8. The molecule has 3 saturated heterocycles. The third-order valence-electron chi connectivity index (χ3n) is 9.08. The van der Waals surface area contributed by atoms with Crippen molar-refractivity contribution in [1.29, 1.82) is 0 Å². The molecule has 3 N–H and O–H groups in total. The van der Waals surface area contributed by atoms with Crippen molar-refractivity contribution in [2.75, 3.05) is 6.61 Å². The number of ether oxygens (including phenoxy) is 1. The molecule has 2 bridgehead atoms. The average Bonchev–Trinajstić information content (AvgIpc) is 3.56. The van der Waals surface area contributed by atoms with Gasteiger partial charge in [0.1, 0.15) is 11.6 Å². The lowest BCUT2D eigenvalue weighted by molar-refractivity contribution is -0.152. The quantitative estimate of drug-likeness (QED) is 0.435. The van der Waals surface area contributed by atoms with Gasteiger partial charge in [0.15, 0.2) is 0 Å². The highest BCUT2D eigenvalue weighted by Crippen LogP contribution is 2.64. The van der Waals surface area contributed by atoms with Gasteiger partial charge in [-0.1, -0.05) is 81.4 Å². The molecule has 3 heterocycles. The Morgan fingerprint density at radius 3 is 2.05 bits per heavy atom. The number of likely N-dealkylation sites (tertiary alicyclic amines) is 1. The van der Waals surface area contributed by atoms with Gasteiger partial charge in [-0.05, 0) is 36.3 Å². The van der Waals surface area contributed by atoms with E-state index in [1.807, 2.05) is 81.4 Å². The van der Waals surface area contributed by atoms with Gasteiger partial charge >= 0.3 is 0 Å². The third kappa shape index (κ3) is 4.53. The van der Waals surface area contributed by atoms with E-state index in [0.29, 0.717) is 32.4 Å². The van der Waals surface area contributed by atoms with Crippen molar-refractivity contribution in [1.82, 2.24) is 15.5 Å². The largest absolute Gasteiger partial charge is 0.394 e. The number of carbonyl (C=O) groups excluding carboxylic acids is 3. The molecule has 3 aliphatic rings. The molecule has 0 aliphatic carbocycles. The molecule has 8 heteroatoms. The molecular formula is C31H39N3O5. The predicted octanol–water partition coefficient (Wildman–Crippen LogP) is 2.79. The van der Waals surface area contributed by atoms with E-state index in [1.54, 1.807) is 0 Å². The van der Waals surface area contributed by atoms with Crippen molar-refractivity contribution in [3.8, 4) is 0 Å². The molecule has 0 saturated carbocycles. The molecule has 5 rings (SSSR count). The van der Waals surface area contributed by atoms with Crippen LogP contribution in [0.5, 0.6) is 0 Å². The smallest absolute Gasteiger partial charge is 0.246 e. The van der Waals surface area contributed by atoms with Gasteiger partial charge in [0.25, 0.3) is 0 Å². The normalized spacial score (nSPS) is 29.9. The molecule has 39 heavy (non-hydrogen) atoms. The summed E-state index contributed by atoms with van der Waals surface area (Å²) < 4.78 is 6.80. The average molecular weight is 534 g/mol. The lowest BCUT2D eigenvalue weighted by atomic mass is 9.65. The van der Waals surface area contributed by atoms with Crippen LogP contribution in [-0.4, -0.2) is 57.6 Å². The molecule has 6 atom stereocenters. The Morgan fingerprint density at radius 2 is 1.54 bits per heavy atom. The van der Waals surface area contributed by atoms with Crippen LogP contribution >= 0.6 is 0 Å². The Hall–Kier alpha value is -3.23. The number of carbonyl (C=O) groups is 3. The van der Waals surface area contributed by atoms with Crippen LogP contribution in [0.4, 0.5) is 0 Å². The Bertz CT molecular complexity index is 1210. The fourth-order valence-corrected chi connectivity index (χ4v) is 7.11. The van der Waals surface area contributed by atoms with E-state index in [0.717, 1.165) is 11.1 Å². The number of aliphatic hydroxyl groups excluding tert-OH is 1. The molecule has 3 fully saturated rings. The predicted molar refractivity (Wildman–Crippen MR) is 146 cm³/mol. The maximum Gasteiger partial charge on any atom is 0.246 e. The van der Waals surface area contributed by atoms with Gasteiger partial charge in [-0.2, -0.15) is 0 Å². The fraction of sp³-hybridized carbons (Fsp3) is 0.516. The zero-order valence-electron chi connectivity index (χ0n) is 22.9. The van der Waals surface area contributed by atoms with E-state index < -0.39 is 35.1 Å². The number of rotatable bonds is 10. The minimum atomic E-state index is -1.12. The topological polar surface area (TPSA) is 108 Å². The second-order valence-corrected chi connectivity index (χ2v) is 11.5. The van der Waals surface area contributed by atoms with Gasteiger partial charge in [-0.15, -0.1) is 0 Å². The van der Waals surface area contributed by atoms with Gasteiger partial charge in [-0.25, -0.2) is 0 Å². The van der Waals surface area contributed by atoms with Crippen molar-refractivity contribution in [2.45, 2.75) is 76.4 Å². The number of aliphatic hydroxyl groups is 1. The number of benzene rings is 2. The minimum Gasteiger partial charge on any atom is -0.394 e. The van der Waals surface area contributed by atoms with E-state index in [-0.39, 0.29) is 30.2 Å². The Balaban J connectivity index is 1.49. The van der Waals surface area contributed by atoms with Crippen molar-refractivity contribution in [2.24, 2.45) is 17.8 Å². The summed E-state index contributed by atoms with van der Waals surface area (Å²) in [7, 11) is 0. The molecule has 2 aromatic carbocycles. The number of nitrogens with one attached hydrogen (secondary N) is 2. The molecular weight excluding hydrogens is 494 g/mol. The van der Waals surface area contributed by atoms with Crippen LogP contribution in [0, 0.1) is 17.8 Å². The van der Waals surface area contributed by atoms with Gasteiger partial charge in [-0.3, -0.25) is 14.4 Å². The third-order valence-corrected chi connectivity index (χ3v) is 9.08. The lowest BCUT2D eigenvalue weighted by Gasteiger charge is -2.38. The van der Waals surface area contributed by atoms with E-state index in [9.17, 15) is 19.5 Å².